The summed E-state index contributed by atoms with van der Waals surface area (Å²) in [7, 11) is 0. The van der Waals surface area contributed by atoms with Crippen molar-refractivity contribution in [1.82, 2.24) is 0 Å². The second-order valence-electron chi connectivity index (χ2n) is 6.62. The Hall–Kier alpha value is -3.26. The van der Waals surface area contributed by atoms with Gasteiger partial charge in [0.2, 0.25) is 0 Å². The second-order valence-corrected chi connectivity index (χ2v) is 6.62. The van der Waals surface area contributed by atoms with E-state index in [2.05, 4.69) is 87.2 Å². The second kappa shape index (κ2) is 7.55. The summed E-state index contributed by atoms with van der Waals surface area (Å²) in [6.07, 6.45) is 3.67. The first-order chi connectivity index (χ1) is 13.0. The van der Waals surface area contributed by atoms with Crippen molar-refractivity contribution in [3.63, 3.8) is 0 Å². The smallest absolute Gasteiger partial charge is 0.0471 e. The summed E-state index contributed by atoms with van der Waals surface area (Å²) in [5.74, 6) is 0. The van der Waals surface area contributed by atoms with Gasteiger partial charge in [0.1, 0.15) is 0 Å². The summed E-state index contributed by atoms with van der Waals surface area (Å²) in [5, 5.41) is 11.0. The fourth-order valence-corrected chi connectivity index (χ4v) is 3.52. The number of nitrogens with one attached hydrogen (secondary N) is 2. The number of aryl methyl sites for hydroxylation is 1. The minimum atomic E-state index is 0.832. The van der Waals surface area contributed by atoms with Gasteiger partial charge in [-0.15, -0.1) is 0 Å². The molecule has 2 N–H and O–H groups in total. The molecule has 0 bridgehead atoms. The van der Waals surface area contributed by atoms with Gasteiger partial charge in [0.25, 0.3) is 0 Å². The molecule has 0 spiro atoms. The van der Waals surface area contributed by atoms with E-state index in [-0.39, 0.29) is 0 Å². The molecule has 0 aliphatic heterocycles. The SMILES string of the molecule is C=Cc1c(C=C)c(=C)c2c(Nc3ccc(C)cc3)ccc(NCC)c2c1=C. The van der Waals surface area contributed by atoms with E-state index in [9.17, 15) is 0 Å². The van der Waals surface area contributed by atoms with Crippen LogP contribution in [0.5, 0.6) is 0 Å². The molecule has 27 heavy (non-hydrogen) atoms. The van der Waals surface area contributed by atoms with Crippen LogP contribution in [-0.4, -0.2) is 6.54 Å². The molecule has 3 aromatic rings. The molecule has 0 radical (unpaired) electrons. The number of hydrogen-bond acceptors (Lipinski definition) is 2. The Morgan fingerprint density at radius 1 is 0.815 bits per heavy atom. The standard InChI is InChI=1S/C25H26N2/c1-7-20-17(5)24-22(26-9-3)14-15-23(25(24)18(6)21(20)8-2)27-19-12-10-16(4)11-13-19/h7-8,10-15,26-27H,1-2,5-6,9H2,3-4H3. The fraction of sp³-hybridized carbons (Fsp3) is 0.120. The van der Waals surface area contributed by atoms with Gasteiger partial charge >= 0.3 is 0 Å². The summed E-state index contributed by atoms with van der Waals surface area (Å²) in [5.41, 5.74) is 6.28. The van der Waals surface area contributed by atoms with Crippen molar-refractivity contribution in [2.45, 2.75) is 13.8 Å². The Morgan fingerprint density at radius 2 is 1.33 bits per heavy atom. The molecule has 3 aromatic carbocycles. The van der Waals surface area contributed by atoms with Gasteiger partial charge in [-0.05, 0) is 59.7 Å². The minimum Gasteiger partial charge on any atom is -0.385 e. The molecule has 0 saturated carbocycles. The summed E-state index contributed by atoms with van der Waals surface area (Å²) >= 11 is 0. The van der Waals surface area contributed by atoms with Crippen molar-refractivity contribution < 1.29 is 0 Å². The highest BCUT2D eigenvalue weighted by atomic mass is 14.9. The maximum atomic E-state index is 4.37. The maximum absolute atomic E-state index is 4.37. The summed E-state index contributed by atoms with van der Waals surface area (Å²) in [6.45, 7) is 21.7. The lowest BCUT2D eigenvalue weighted by molar-refractivity contribution is 1.22. The Bertz CT molecular complexity index is 1120. The minimum absolute atomic E-state index is 0.832. The molecule has 0 aliphatic rings. The van der Waals surface area contributed by atoms with Crippen LogP contribution in [-0.2, 0) is 0 Å². The first kappa shape index (κ1) is 18.5. The first-order valence-corrected chi connectivity index (χ1v) is 9.14. The Kier molecular flexibility index (Phi) is 5.18. The normalized spacial score (nSPS) is 10.6. The maximum Gasteiger partial charge on any atom is 0.0471 e. The molecule has 0 atom stereocenters. The van der Waals surface area contributed by atoms with Crippen LogP contribution < -0.4 is 21.1 Å². The third kappa shape index (κ3) is 3.26. The summed E-state index contributed by atoms with van der Waals surface area (Å²) in [4.78, 5) is 0. The number of rotatable bonds is 6. The van der Waals surface area contributed by atoms with Gasteiger partial charge in [-0.1, -0.05) is 56.2 Å². The molecule has 2 nitrogen and oxygen atoms in total. The highest BCUT2D eigenvalue weighted by Crippen LogP contribution is 2.29. The van der Waals surface area contributed by atoms with Crippen molar-refractivity contribution in [3.8, 4) is 0 Å². The molecule has 0 saturated heterocycles. The topological polar surface area (TPSA) is 24.1 Å². The van der Waals surface area contributed by atoms with Crippen molar-refractivity contribution in [3.05, 3.63) is 76.7 Å². The number of anilines is 3. The van der Waals surface area contributed by atoms with Crippen molar-refractivity contribution in [2.75, 3.05) is 17.2 Å². The molecular formula is C25H26N2. The van der Waals surface area contributed by atoms with Gasteiger partial charge in [0, 0.05) is 34.4 Å². The first-order valence-electron chi connectivity index (χ1n) is 9.14. The Balaban J connectivity index is 2.37. The number of hydrogen-bond donors (Lipinski definition) is 2. The molecule has 0 fully saturated rings. The third-order valence-corrected chi connectivity index (χ3v) is 4.86. The van der Waals surface area contributed by atoms with Gasteiger partial charge in [-0.25, -0.2) is 0 Å². The highest BCUT2D eigenvalue weighted by Gasteiger charge is 2.13. The van der Waals surface area contributed by atoms with E-state index in [1.165, 1.54) is 5.56 Å². The molecule has 0 amide bonds. The van der Waals surface area contributed by atoms with Crippen molar-refractivity contribution >= 4 is 53.1 Å². The predicted octanol–water partition coefficient (Wildman–Crippen LogP) is 5.43. The van der Waals surface area contributed by atoms with Crippen molar-refractivity contribution in [2.24, 2.45) is 0 Å². The average Bonchev–Trinajstić information content (AvgIpc) is 2.67. The van der Waals surface area contributed by atoms with Crippen LogP contribution in [0.2, 0.25) is 0 Å². The molecule has 3 rings (SSSR count). The molecule has 0 heterocycles. The van der Waals surface area contributed by atoms with Crippen LogP contribution in [0.3, 0.4) is 0 Å². The zero-order chi connectivity index (χ0) is 19.6. The monoisotopic (exact) mass is 354 g/mol. The highest BCUT2D eigenvalue weighted by molar-refractivity contribution is 6.05. The zero-order valence-corrected chi connectivity index (χ0v) is 16.2. The quantitative estimate of drug-likeness (QED) is 0.617. The van der Waals surface area contributed by atoms with E-state index < -0.39 is 0 Å². The van der Waals surface area contributed by atoms with Gasteiger partial charge in [-0.3, -0.25) is 0 Å². The number of fused-ring (bicyclic) bond motifs is 1. The lowest BCUT2D eigenvalue weighted by atomic mass is 9.93. The van der Waals surface area contributed by atoms with Crippen LogP contribution in [0.15, 0.2) is 49.6 Å². The van der Waals surface area contributed by atoms with E-state index in [1.54, 1.807) is 0 Å². The van der Waals surface area contributed by atoms with E-state index in [0.717, 1.165) is 55.9 Å². The van der Waals surface area contributed by atoms with Gasteiger partial charge in [-0.2, -0.15) is 0 Å². The van der Waals surface area contributed by atoms with Gasteiger partial charge < -0.3 is 10.6 Å². The molecule has 0 aromatic heterocycles. The van der Waals surface area contributed by atoms with E-state index >= 15 is 0 Å². The van der Waals surface area contributed by atoms with E-state index in [1.807, 2.05) is 12.2 Å². The van der Waals surface area contributed by atoms with Crippen molar-refractivity contribution in [1.29, 1.82) is 0 Å². The molecule has 0 unspecified atom stereocenters. The Labute approximate surface area is 161 Å². The lowest BCUT2D eigenvalue weighted by Crippen LogP contribution is -2.20. The third-order valence-electron chi connectivity index (χ3n) is 4.86. The summed E-state index contributed by atoms with van der Waals surface area (Å²) in [6, 6.07) is 12.5. The zero-order valence-electron chi connectivity index (χ0n) is 16.2. The van der Waals surface area contributed by atoms with Crippen LogP contribution in [0.1, 0.15) is 23.6 Å². The van der Waals surface area contributed by atoms with Crippen LogP contribution in [0.25, 0.3) is 36.1 Å². The summed E-state index contributed by atoms with van der Waals surface area (Å²) < 4.78 is 0. The molecule has 0 aliphatic carbocycles. The van der Waals surface area contributed by atoms with Gasteiger partial charge in [0.05, 0.1) is 0 Å². The van der Waals surface area contributed by atoms with Gasteiger partial charge in [0.15, 0.2) is 0 Å². The van der Waals surface area contributed by atoms with Crippen LogP contribution in [0.4, 0.5) is 17.1 Å². The largest absolute Gasteiger partial charge is 0.385 e. The average molecular weight is 354 g/mol. The fourth-order valence-electron chi connectivity index (χ4n) is 3.52. The van der Waals surface area contributed by atoms with Crippen LogP contribution >= 0.6 is 0 Å². The molecular weight excluding hydrogens is 328 g/mol. The predicted molar refractivity (Wildman–Crippen MR) is 123 cm³/mol. The van der Waals surface area contributed by atoms with E-state index in [4.69, 9.17) is 0 Å². The number of benzene rings is 3. The van der Waals surface area contributed by atoms with E-state index in [0.29, 0.717) is 0 Å². The molecule has 2 heteroatoms. The molecule has 136 valence electrons. The Morgan fingerprint density at radius 3 is 1.85 bits per heavy atom. The van der Waals surface area contributed by atoms with Crippen LogP contribution in [0, 0.1) is 6.92 Å². The lowest BCUT2D eigenvalue weighted by Gasteiger charge is -2.18.